The van der Waals surface area contributed by atoms with Gasteiger partial charge in [0.15, 0.2) is 0 Å². The lowest BCUT2D eigenvalue weighted by Gasteiger charge is -2.14. The maximum Gasteiger partial charge on any atom is 0.418 e. The lowest BCUT2D eigenvalue weighted by atomic mass is 10.1. The molecular formula is C17H13ClF3N3. The molecule has 7 heteroatoms. The molecule has 1 heterocycles. The molecule has 3 aromatic rings. The molecular weight excluding hydrogens is 339 g/mol. The zero-order valence-corrected chi connectivity index (χ0v) is 13.4. The molecule has 0 saturated carbocycles. The Hall–Kier alpha value is -2.34. The van der Waals surface area contributed by atoms with Crippen LogP contribution in [-0.4, -0.2) is 15.0 Å². The number of alkyl halides is 4. The highest BCUT2D eigenvalue weighted by Gasteiger charge is 2.34. The van der Waals surface area contributed by atoms with Gasteiger partial charge >= 0.3 is 6.18 Å². The van der Waals surface area contributed by atoms with Gasteiger partial charge < -0.3 is 0 Å². The third kappa shape index (κ3) is 3.01. The van der Waals surface area contributed by atoms with Crippen molar-refractivity contribution in [2.45, 2.75) is 19.0 Å². The number of hydrogen-bond acceptors (Lipinski definition) is 2. The number of aryl methyl sites for hydroxylation is 1. The SMILES string of the molecule is Cc1cccc(-c2c(CCl)nnn2-c2ccccc2C(F)(F)F)c1. The molecule has 124 valence electrons. The Bertz CT molecular complexity index is 872. The predicted molar refractivity (Wildman–Crippen MR) is 86.1 cm³/mol. The topological polar surface area (TPSA) is 30.7 Å². The fraction of sp³-hybridized carbons (Fsp3) is 0.176. The first-order chi connectivity index (χ1) is 11.4. The Labute approximate surface area is 141 Å². The van der Waals surface area contributed by atoms with E-state index in [9.17, 15) is 13.2 Å². The third-order valence-electron chi connectivity index (χ3n) is 3.60. The molecule has 0 aliphatic rings. The number of nitrogens with zero attached hydrogens (tertiary/aromatic N) is 3. The average Bonchev–Trinajstić information content (AvgIpc) is 2.98. The van der Waals surface area contributed by atoms with E-state index < -0.39 is 11.7 Å². The van der Waals surface area contributed by atoms with E-state index in [1.165, 1.54) is 22.9 Å². The van der Waals surface area contributed by atoms with Crippen LogP contribution in [0.4, 0.5) is 13.2 Å². The molecule has 0 amide bonds. The summed E-state index contributed by atoms with van der Waals surface area (Å²) < 4.78 is 41.2. The van der Waals surface area contributed by atoms with Gasteiger partial charge in [-0.2, -0.15) is 13.2 Å². The highest BCUT2D eigenvalue weighted by molar-refractivity contribution is 6.17. The molecule has 0 aliphatic carbocycles. The molecule has 0 spiro atoms. The van der Waals surface area contributed by atoms with E-state index in [1.807, 2.05) is 25.1 Å². The number of hydrogen-bond donors (Lipinski definition) is 0. The molecule has 2 aromatic carbocycles. The molecule has 0 fully saturated rings. The summed E-state index contributed by atoms with van der Waals surface area (Å²) in [6, 6.07) is 12.7. The number of benzene rings is 2. The lowest BCUT2D eigenvalue weighted by molar-refractivity contribution is -0.137. The predicted octanol–water partition coefficient (Wildman–Crippen LogP) is 5.00. The molecule has 0 saturated heterocycles. The molecule has 0 unspecified atom stereocenters. The lowest BCUT2D eigenvalue weighted by Crippen LogP contribution is -2.12. The summed E-state index contributed by atoms with van der Waals surface area (Å²) in [6.45, 7) is 1.90. The minimum Gasteiger partial charge on any atom is -0.212 e. The van der Waals surface area contributed by atoms with Crippen molar-refractivity contribution in [2.75, 3.05) is 0 Å². The minimum absolute atomic E-state index is 0.0530. The first kappa shape index (κ1) is 16.5. The van der Waals surface area contributed by atoms with Crippen molar-refractivity contribution < 1.29 is 13.2 Å². The van der Waals surface area contributed by atoms with Gasteiger partial charge in [0.2, 0.25) is 0 Å². The zero-order valence-electron chi connectivity index (χ0n) is 12.7. The molecule has 24 heavy (non-hydrogen) atoms. The second-order valence-corrected chi connectivity index (χ2v) is 5.58. The Morgan fingerprint density at radius 2 is 1.83 bits per heavy atom. The van der Waals surface area contributed by atoms with Crippen molar-refractivity contribution in [2.24, 2.45) is 0 Å². The summed E-state index contributed by atoms with van der Waals surface area (Å²) in [5.74, 6) is 0.0530. The molecule has 1 aromatic heterocycles. The van der Waals surface area contributed by atoms with E-state index in [0.29, 0.717) is 17.0 Å². The molecule has 0 radical (unpaired) electrons. The summed E-state index contributed by atoms with van der Waals surface area (Å²) in [5.41, 5.74) is 1.73. The van der Waals surface area contributed by atoms with Crippen molar-refractivity contribution >= 4 is 11.6 Å². The van der Waals surface area contributed by atoms with Gasteiger partial charge in [-0.15, -0.1) is 16.7 Å². The van der Waals surface area contributed by atoms with Gasteiger partial charge in [0.1, 0.15) is 5.69 Å². The van der Waals surface area contributed by atoms with Crippen LogP contribution in [0.5, 0.6) is 0 Å². The van der Waals surface area contributed by atoms with Gasteiger partial charge in [0.25, 0.3) is 0 Å². The van der Waals surface area contributed by atoms with Crippen LogP contribution < -0.4 is 0 Å². The molecule has 0 aliphatic heterocycles. The molecule has 0 bridgehead atoms. The second-order valence-electron chi connectivity index (χ2n) is 5.31. The Kier molecular flexibility index (Phi) is 4.32. The van der Waals surface area contributed by atoms with Crippen molar-refractivity contribution in [1.82, 2.24) is 15.0 Å². The number of halogens is 4. The van der Waals surface area contributed by atoms with Crippen LogP contribution >= 0.6 is 11.6 Å². The average molecular weight is 352 g/mol. The number of rotatable bonds is 3. The monoisotopic (exact) mass is 351 g/mol. The largest absolute Gasteiger partial charge is 0.418 e. The van der Waals surface area contributed by atoms with Crippen LogP contribution in [-0.2, 0) is 12.1 Å². The van der Waals surface area contributed by atoms with Crippen molar-refractivity contribution in [3.8, 4) is 16.9 Å². The van der Waals surface area contributed by atoms with Gasteiger partial charge in [0, 0.05) is 5.56 Å². The van der Waals surface area contributed by atoms with Gasteiger partial charge in [-0.05, 0) is 25.1 Å². The smallest absolute Gasteiger partial charge is 0.212 e. The highest BCUT2D eigenvalue weighted by atomic mass is 35.5. The quantitative estimate of drug-likeness (QED) is 0.622. The van der Waals surface area contributed by atoms with Crippen LogP contribution in [0.25, 0.3) is 16.9 Å². The molecule has 3 rings (SSSR count). The summed E-state index contributed by atoms with van der Waals surface area (Å²) in [6.07, 6.45) is -4.49. The van der Waals surface area contributed by atoms with Crippen LogP contribution in [0, 0.1) is 6.92 Å². The van der Waals surface area contributed by atoms with Crippen LogP contribution in [0.3, 0.4) is 0 Å². The standard InChI is InChI=1S/C17H13ClF3N3/c1-11-5-4-6-12(9-11)16-14(10-18)22-23-24(16)15-8-3-2-7-13(15)17(19,20)21/h2-9H,10H2,1H3. The van der Waals surface area contributed by atoms with E-state index >= 15 is 0 Å². The maximum atomic E-state index is 13.3. The summed E-state index contributed by atoms with van der Waals surface area (Å²) in [7, 11) is 0. The fourth-order valence-corrected chi connectivity index (χ4v) is 2.73. The Balaban J connectivity index is 2.27. The summed E-state index contributed by atoms with van der Waals surface area (Å²) in [4.78, 5) is 0. The van der Waals surface area contributed by atoms with Gasteiger partial charge in [-0.3, -0.25) is 0 Å². The molecule has 0 N–H and O–H groups in total. The fourth-order valence-electron chi connectivity index (χ4n) is 2.55. The van der Waals surface area contributed by atoms with E-state index in [0.717, 1.165) is 11.6 Å². The number of para-hydroxylation sites is 1. The van der Waals surface area contributed by atoms with Gasteiger partial charge in [-0.25, -0.2) is 4.68 Å². The van der Waals surface area contributed by atoms with Crippen molar-refractivity contribution in [1.29, 1.82) is 0 Å². The molecule has 0 atom stereocenters. The van der Waals surface area contributed by atoms with E-state index in [1.54, 1.807) is 6.07 Å². The van der Waals surface area contributed by atoms with Crippen molar-refractivity contribution in [3.63, 3.8) is 0 Å². The van der Waals surface area contributed by atoms with Crippen LogP contribution in [0.15, 0.2) is 48.5 Å². The normalized spacial score (nSPS) is 11.7. The molecule has 3 nitrogen and oxygen atoms in total. The van der Waals surface area contributed by atoms with E-state index in [-0.39, 0.29) is 11.6 Å². The number of aromatic nitrogens is 3. The first-order valence-electron chi connectivity index (χ1n) is 7.16. The van der Waals surface area contributed by atoms with Crippen molar-refractivity contribution in [3.05, 3.63) is 65.4 Å². The van der Waals surface area contributed by atoms with Crippen LogP contribution in [0.1, 0.15) is 16.8 Å². The minimum atomic E-state index is -4.49. The van der Waals surface area contributed by atoms with E-state index in [2.05, 4.69) is 10.3 Å². The Morgan fingerprint density at radius 1 is 1.08 bits per heavy atom. The second kappa shape index (κ2) is 6.28. The van der Waals surface area contributed by atoms with E-state index in [4.69, 9.17) is 11.6 Å². The highest BCUT2D eigenvalue weighted by Crippen LogP contribution is 2.36. The van der Waals surface area contributed by atoms with Gasteiger partial charge in [-0.1, -0.05) is 41.1 Å². The summed E-state index contributed by atoms with van der Waals surface area (Å²) >= 11 is 5.91. The Morgan fingerprint density at radius 3 is 2.50 bits per heavy atom. The maximum absolute atomic E-state index is 13.3. The van der Waals surface area contributed by atoms with Gasteiger partial charge in [0.05, 0.1) is 22.8 Å². The zero-order chi connectivity index (χ0) is 17.3. The first-order valence-corrected chi connectivity index (χ1v) is 7.69. The van der Waals surface area contributed by atoms with Crippen LogP contribution in [0.2, 0.25) is 0 Å². The summed E-state index contributed by atoms with van der Waals surface area (Å²) in [5, 5.41) is 7.87. The third-order valence-corrected chi connectivity index (χ3v) is 3.85.